The second-order valence-electron chi connectivity index (χ2n) is 3.91. The fourth-order valence-corrected chi connectivity index (χ4v) is 1.57. The first-order valence-electron chi connectivity index (χ1n) is 5.08. The highest BCUT2D eigenvalue weighted by molar-refractivity contribution is 5.85. The summed E-state index contributed by atoms with van der Waals surface area (Å²) in [5.41, 5.74) is 8.08. The van der Waals surface area contributed by atoms with Gasteiger partial charge in [-0.15, -0.1) is 12.4 Å². The molecule has 0 aliphatic heterocycles. The molecule has 1 aromatic carbocycles. The summed E-state index contributed by atoms with van der Waals surface area (Å²) in [5.74, 6) is 0.238. The molecule has 0 aromatic heterocycles. The Balaban J connectivity index is 0.00000196. The molecule has 0 heterocycles. The van der Waals surface area contributed by atoms with Crippen molar-refractivity contribution in [2.75, 3.05) is 0 Å². The van der Waals surface area contributed by atoms with Crippen LogP contribution in [0.4, 0.5) is 4.39 Å². The first-order chi connectivity index (χ1) is 6.56. The number of nitrogens with two attached hydrogens (primary N) is 1. The molecule has 1 rings (SSSR count). The van der Waals surface area contributed by atoms with Gasteiger partial charge < -0.3 is 5.73 Å². The van der Waals surface area contributed by atoms with Crippen LogP contribution in [-0.2, 0) is 0 Å². The third-order valence-corrected chi connectivity index (χ3v) is 2.85. The van der Waals surface area contributed by atoms with Crippen molar-refractivity contribution in [1.29, 1.82) is 0 Å². The van der Waals surface area contributed by atoms with Gasteiger partial charge in [-0.1, -0.05) is 26.3 Å². The molecule has 0 radical (unpaired) electrons. The van der Waals surface area contributed by atoms with Gasteiger partial charge in [0.1, 0.15) is 5.82 Å². The highest BCUT2D eigenvalue weighted by Crippen LogP contribution is 2.24. The third-order valence-electron chi connectivity index (χ3n) is 2.85. The van der Waals surface area contributed by atoms with Crippen LogP contribution < -0.4 is 5.73 Å². The number of hydrogen-bond acceptors (Lipinski definition) is 1. The maximum absolute atomic E-state index is 12.9. The largest absolute Gasteiger partial charge is 0.324 e. The minimum Gasteiger partial charge on any atom is -0.324 e. The molecule has 0 aliphatic carbocycles. The number of aryl methyl sites for hydroxylation is 1. The predicted octanol–water partition coefficient (Wildman–Crippen LogP) is 3.60. The minimum absolute atomic E-state index is 0. The SMILES string of the molecule is CCC(C)[C@H](N)c1ccc(F)cc1C.Cl. The molecule has 0 saturated carbocycles. The van der Waals surface area contributed by atoms with E-state index in [1.165, 1.54) is 12.1 Å². The van der Waals surface area contributed by atoms with Crippen LogP contribution in [-0.4, -0.2) is 0 Å². The van der Waals surface area contributed by atoms with E-state index in [4.69, 9.17) is 5.73 Å². The monoisotopic (exact) mass is 231 g/mol. The molecule has 0 spiro atoms. The number of benzene rings is 1. The average Bonchev–Trinajstić information content (AvgIpc) is 2.15. The zero-order valence-electron chi connectivity index (χ0n) is 9.46. The first-order valence-corrected chi connectivity index (χ1v) is 5.08. The summed E-state index contributed by atoms with van der Waals surface area (Å²) >= 11 is 0. The van der Waals surface area contributed by atoms with Crippen molar-refractivity contribution >= 4 is 12.4 Å². The standard InChI is InChI=1S/C12H18FN.ClH/c1-4-8(2)12(14)11-6-5-10(13)7-9(11)3;/h5-8,12H,4,14H2,1-3H3;1H/t8?,12-;/m0./s1. The molecular formula is C12H19ClFN. The maximum Gasteiger partial charge on any atom is 0.123 e. The van der Waals surface area contributed by atoms with Gasteiger partial charge in [0.15, 0.2) is 0 Å². The molecule has 0 fully saturated rings. The van der Waals surface area contributed by atoms with E-state index >= 15 is 0 Å². The molecule has 0 aliphatic rings. The van der Waals surface area contributed by atoms with E-state index in [-0.39, 0.29) is 24.3 Å². The van der Waals surface area contributed by atoms with Gasteiger partial charge in [0.25, 0.3) is 0 Å². The number of rotatable bonds is 3. The minimum atomic E-state index is -0.192. The summed E-state index contributed by atoms with van der Waals surface area (Å²) in [4.78, 5) is 0. The second kappa shape index (κ2) is 6.09. The van der Waals surface area contributed by atoms with Crippen molar-refractivity contribution in [2.24, 2.45) is 11.7 Å². The zero-order valence-corrected chi connectivity index (χ0v) is 10.3. The van der Waals surface area contributed by atoms with E-state index < -0.39 is 0 Å². The van der Waals surface area contributed by atoms with Crippen LogP contribution in [0.25, 0.3) is 0 Å². The lowest BCUT2D eigenvalue weighted by atomic mass is 9.91. The van der Waals surface area contributed by atoms with Crippen LogP contribution in [0.15, 0.2) is 18.2 Å². The lowest BCUT2D eigenvalue weighted by molar-refractivity contribution is 0.454. The number of halogens is 2. The Morgan fingerprint density at radius 2 is 2.00 bits per heavy atom. The van der Waals surface area contributed by atoms with Crippen LogP contribution >= 0.6 is 12.4 Å². The topological polar surface area (TPSA) is 26.0 Å². The van der Waals surface area contributed by atoms with Crippen molar-refractivity contribution < 1.29 is 4.39 Å². The molecule has 2 atom stereocenters. The fraction of sp³-hybridized carbons (Fsp3) is 0.500. The van der Waals surface area contributed by atoms with Gasteiger partial charge in [0.2, 0.25) is 0 Å². The van der Waals surface area contributed by atoms with Gasteiger partial charge in [0.05, 0.1) is 0 Å². The van der Waals surface area contributed by atoms with E-state index in [1.807, 2.05) is 6.92 Å². The van der Waals surface area contributed by atoms with Crippen molar-refractivity contribution in [3.05, 3.63) is 35.1 Å². The lowest BCUT2D eigenvalue weighted by Crippen LogP contribution is -2.19. The van der Waals surface area contributed by atoms with Gasteiger partial charge in [0, 0.05) is 6.04 Å². The van der Waals surface area contributed by atoms with Crippen LogP contribution in [0.3, 0.4) is 0 Å². The summed E-state index contributed by atoms with van der Waals surface area (Å²) < 4.78 is 12.9. The summed E-state index contributed by atoms with van der Waals surface area (Å²) in [5, 5.41) is 0. The molecule has 1 aromatic rings. The smallest absolute Gasteiger partial charge is 0.123 e. The summed E-state index contributed by atoms with van der Waals surface area (Å²) in [6.07, 6.45) is 1.04. The molecule has 2 N–H and O–H groups in total. The Labute approximate surface area is 97.3 Å². The molecule has 1 unspecified atom stereocenters. The maximum atomic E-state index is 12.9. The van der Waals surface area contributed by atoms with E-state index in [9.17, 15) is 4.39 Å². The Kier molecular flexibility index (Phi) is 5.84. The zero-order chi connectivity index (χ0) is 10.7. The van der Waals surface area contributed by atoms with Gasteiger partial charge >= 0.3 is 0 Å². The molecular weight excluding hydrogens is 213 g/mol. The van der Waals surface area contributed by atoms with Gasteiger partial charge in [-0.25, -0.2) is 4.39 Å². The Morgan fingerprint density at radius 1 is 1.40 bits per heavy atom. The predicted molar refractivity (Wildman–Crippen MR) is 64.8 cm³/mol. The van der Waals surface area contributed by atoms with Gasteiger partial charge in [-0.2, -0.15) is 0 Å². The van der Waals surface area contributed by atoms with Crippen molar-refractivity contribution in [3.8, 4) is 0 Å². The normalized spacial score (nSPS) is 14.2. The summed E-state index contributed by atoms with van der Waals surface area (Å²) in [7, 11) is 0. The quantitative estimate of drug-likeness (QED) is 0.845. The van der Waals surface area contributed by atoms with Crippen LogP contribution in [0.1, 0.15) is 37.4 Å². The Bertz CT molecular complexity index is 314. The first kappa shape index (κ1) is 14.4. The molecule has 15 heavy (non-hydrogen) atoms. The van der Waals surface area contributed by atoms with Crippen LogP contribution in [0.2, 0.25) is 0 Å². The Morgan fingerprint density at radius 3 is 2.47 bits per heavy atom. The van der Waals surface area contributed by atoms with Crippen molar-refractivity contribution in [1.82, 2.24) is 0 Å². The third kappa shape index (κ3) is 3.47. The summed E-state index contributed by atoms with van der Waals surface area (Å²) in [6, 6.07) is 4.82. The molecule has 0 amide bonds. The fourth-order valence-electron chi connectivity index (χ4n) is 1.57. The molecule has 0 saturated heterocycles. The van der Waals surface area contributed by atoms with Gasteiger partial charge in [-0.05, 0) is 36.1 Å². The second-order valence-corrected chi connectivity index (χ2v) is 3.91. The lowest BCUT2D eigenvalue weighted by Gasteiger charge is -2.20. The number of hydrogen-bond donors (Lipinski definition) is 1. The van der Waals surface area contributed by atoms with E-state index in [1.54, 1.807) is 6.07 Å². The van der Waals surface area contributed by atoms with E-state index in [0.29, 0.717) is 5.92 Å². The Hall–Kier alpha value is -0.600. The van der Waals surface area contributed by atoms with Crippen molar-refractivity contribution in [3.63, 3.8) is 0 Å². The van der Waals surface area contributed by atoms with Crippen LogP contribution in [0.5, 0.6) is 0 Å². The highest BCUT2D eigenvalue weighted by atomic mass is 35.5. The van der Waals surface area contributed by atoms with Gasteiger partial charge in [-0.3, -0.25) is 0 Å². The van der Waals surface area contributed by atoms with Crippen LogP contribution in [0, 0.1) is 18.7 Å². The molecule has 86 valence electrons. The molecule has 1 nitrogen and oxygen atoms in total. The highest BCUT2D eigenvalue weighted by Gasteiger charge is 2.15. The van der Waals surface area contributed by atoms with E-state index in [2.05, 4.69) is 13.8 Å². The molecule has 0 bridgehead atoms. The summed E-state index contributed by atoms with van der Waals surface area (Å²) in [6.45, 7) is 6.14. The average molecular weight is 232 g/mol. The molecule has 3 heteroatoms. The van der Waals surface area contributed by atoms with Crippen molar-refractivity contribution in [2.45, 2.75) is 33.2 Å². The van der Waals surface area contributed by atoms with E-state index in [0.717, 1.165) is 17.5 Å².